The zero-order valence-electron chi connectivity index (χ0n) is 11.4. The highest BCUT2D eigenvalue weighted by Crippen LogP contribution is 2.16. The summed E-state index contributed by atoms with van der Waals surface area (Å²) in [6.07, 6.45) is 1.69. The Hall–Kier alpha value is -1.79. The van der Waals surface area contributed by atoms with Crippen LogP contribution in [-0.4, -0.2) is 41.0 Å². The normalized spacial score (nSPS) is 16.7. The molecule has 3 rings (SSSR count). The summed E-state index contributed by atoms with van der Waals surface area (Å²) in [5.74, 6) is -0.530. The fourth-order valence-corrected chi connectivity index (χ4v) is 2.49. The maximum absolute atomic E-state index is 13.9. The Bertz CT molecular complexity index is 691. The zero-order valence-corrected chi connectivity index (χ0v) is 11.4. The summed E-state index contributed by atoms with van der Waals surface area (Å²) in [4.78, 5) is 20.8. The second-order valence-corrected chi connectivity index (χ2v) is 5.16. The SMILES string of the molecule is Cc1c(F)c2ncc(CN3CCNCC3)cc2[nH]c1=O. The maximum atomic E-state index is 13.9. The van der Waals surface area contributed by atoms with E-state index in [1.165, 1.54) is 6.92 Å². The van der Waals surface area contributed by atoms with Gasteiger partial charge in [0, 0.05) is 38.9 Å². The van der Waals surface area contributed by atoms with Crippen LogP contribution in [0.5, 0.6) is 0 Å². The number of nitrogens with zero attached hydrogens (tertiary/aromatic N) is 2. The number of nitrogens with one attached hydrogen (secondary N) is 2. The van der Waals surface area contributed by atoms with Crippen LogP contribution < -0.4 is 10.9 Å². The zero-order chi connectivity index (χ0) is 14.1. The van der Waals surface area contributed by atoms with E-state index in [1.807, 2.05) is 6.07 Å². The Kier molecular flexibility index (Phi) is 3.50. The molecule has 0 atom stereocenters. The molecular formula is C14H17FN4O. The van der Waals surface area contributed by atoms with Gasteiger partial charge in [0.1, 0.15) is 5.52 Å². The Balaban J connectivity index is 1.94. The van der Waals surface area contributed by atoms with E-state index in [1.54, 1.807) is 6.20 Å². The summed E-state index contributed by atoms with van der Waals surface area (Å²) in [5.41, 5.74) is 1.37. The molecule has 1 saturated heterocycles. The van der Waals surface area contributed by atoms with Crippen LogP contribution in [0.15, 0.2) is 17.1 Å². The summed E-state index contributed by atoms with van der Waals surface area (Å²) in [7, 11) is 0. The van der Waals surface area contributed by atoms with Gasteiger partial charge in [-0.25, -0.2) is 4.39 Å². The Morgan fingerprint density at radius 1 is 1.40 bits per heavy atom. The summed E-state index contributed by atoms with van der Waals surface area (Å²) < 4.78 is 13.9. The average molecular weight is 276 g/mol. The molecule has 5 nitrogen and oxygen atoms in total. The van der Waals surface area contributed by atoms with Crippen molar-refractivity contribution in [3.05, 3.63) is 39.6 Å². The third kappa shape index (κ3) is 2.44. The van der Waals surface area contributed by atoms with Crippen molar-refractivity contribution in [1.29, 1.82) is 0 Å². The van der Waals surface area contributed by atoms with Gasteiger partial charge in [0.2, 0.25) is 0 Å². The molecule has 20 heavy (non-hydrogen) atoms. The second-order valence-electron chi connectivity index (χ2n) is 5.16. The lowest BCUT2D eigenvalue weighted by atomic mass is 10.2. The van der Waals surface area contributed by atoms with Crippen molar-refractivity contribution in [2.75, 3.05) is 26.2 Å². The van der Waals surface area contributed by atoms with Crippen molar-refractivity contribution >= 4 is 11.0 Å². The smallest absolute Gasteiger partial charge is 0.254 e. The van der Waals surface area contributed by atoms with Crippen LogP contribution in [0.2, 0.25) is 0 Å². The predicted molar refractivity (Wildman–Crippen MR) is 75.2 cm³/mol. The van der Waals surface area contributed by atoms with Gasteiger partial charge in [-0.15, -0.1) is 0 Å². The van der Waals surface area contributed by atoms with Crippen molar-refractivity contribution in [3.63, 3.8) is 0 Å². The molecule has 2 aromatic heterocycles. The summed E-state index contributed by atoms with van der Waals surface area (Å²) in [5, 5.41) is 3.30. The molecule has 0 spiro atoms. The first-order valence-corrected chi connectivity index (χ1v) is 6.75. The molecule has 0 unspecified atom stereocenters. The molecular weight excluding hydrogens is 259 g/mol. The first-order chi connectivity index (χ1) is 9.65. The van der Waals surface area contributed by atoms with Gasteiger partial charge in [-0.2, -0.15) is 0 Å². The van der Waals surface area contributed by atoms with Gasteiger partial charge < -0.3 is 10.3 Å². The Morgan fingerprint density at radius 2 is 2.15 bits per heavy atom. The minimum Gasteiger partial charge on any atom is -0.320 e. The molecule has 0 bridgehead atoms. The van der Waals surface area contributed by atoms with E-state index in [0.29, 0.717) is 5.52 Å². The van der Waals surface area contributed by atoms with Crippen LogP contribution in [0, 0.1) is 12.7 Å². The highest BCUT2D eigenvalue weighted by molar-refractivity contribution is 5.75. The summed E-state index contributed by atoms with van der Waals surface area (Å²) in [6.45, 7) is 6.15. The molecule has 106 valence electrons. The molecule has 3 heterocycles. The van der Waals surface area contributed by atoms with Crippen molar-refractivity contribution in [2.24, 2.45) is 0 Å². The lowest BCUT2D eigenvalue weighted by Gasteiger charge is -2.27. The van der Waals surface area contributed by atoms with Crippen molar-refractivity contribution in [2.45, 2.75) is 13.5 Å². The van der Waals surface area contributed by atoms with Gasteiger partial charge >= 0.3 is 0 Å². The predicted octanol–water partition coefficient (Wildman–Crippen LogP) is 0.776. The molecule has 6 heteroatoms. The lowest BCUT2D eigenvalue weighted by molar-refractivity contribution is 0.233. The van der Waals surface area contributed by atoms with Gasteiger partial charge in [-0.05, 0) is 18.6 Å². The number of H-pyrrole nitrogens is 1. The third-order valence-corrected chi connectivity index (χ3v) is 3.69. The van der Waals surface area contributed by atoms with E-state index in [4.69, 9.17) is 0 Å². The fraction of sp³-hybridized carbons (Fsp3) is 0.429. The van der Waals surface area contributed by atoms with Crippen LogP contribution in [0.25, 0.3) is 11.0 Å². The molecule has 0 amide bonds. The van der Waals surface area contributed by atoms with Crippen LogP contribution in [0.4, 0.5) is 4.39 Å². The highest BCUT2D eigenvalue weighted by Gasteiger charge is 2.13. The Labute approximate surface area is 115 Å². The second kappa shape index (κ2) is 5.30. The Morgan fingerprint density at radius 3 is 2.90 bits per heavy atom. The first kappa shape index (κ1) is 13.2. The largest absolute Gasteiger partial charge is 0.320 e. The lowest BCUT2D eigenvalue weighted by Crippen LogP contribution is -2.42. The summed E-state index contributed by atoms with van der Waals surface area (Å²) in [6, 6.07) is 1.81. The van der Waals surface area contributed by atoms with Gasteiger partial charge in [0.25, 0.3) is 5.56 Å². The molecule has 0 radical (unpaired) electrons. The number of aromatic nitrogens is 2. The monoisotopic (exact) mass is 276 g/mol. The number of halogens is 1. The highest BCUT2D eigenvalue weighted by atomic mass is 19.1. The number of hydrogen-bond acceptors (Lipinski definition) is 4. The van der Waals surface area contributed by atoms with E-state index in [0.717, 1.165) is 38.3 Å². The van der Waals surface area contributed by atoms with Gasteiger partial charge in [0.05, 0.1) is 11.1 Å². The topological polar surface area (TPSA) is 61.0 Å². The van der Waals surface area contributed by atoms with Gasteiger partial charge in [-0.1, -0.05) is 0 Å². The van der Waals surface area contributed by atoms with Gasteiger partial charge in [-0.3, -0.25) is 14.7 Å². The van der Waals surface area contributed by atoms with E-state index >= 15 is 0 Å². The van der Waals surface area contributed by atoms with E-state index in [-0.39, 0.29) is 11.1 Å². The number of aromatic amines is 1. The maximum Gasteiger partial charge on any atom is 0.254 e. The molecule has 0 aromatic carbocycles. The molecule has 2 aromatic rings. The molecule has 1 aliphatic rings. The van der Waals surface area contributed by atoms with Crippen LogP contribution in [0.3, 0.4) is 0 Å². The number of piperazine rings is 1. The average Bonchev–Trinajstić information content (AvgIpc) is 2.46. The minimum absolute atomic E-state index is 0.0832. The number of fused-ring (bicyclic) bond motifs is 1. The number of rotatable bonds is 2. The van der Waals surface area contributed by atoms with Crippen LogP contribution in [-0.2, 0) is 6.54 Å². The first-order valence-electron chi connectivity index (χ1n) is 6.75. The molecule has 0 aliphatic carbocycles. The quantitative estimate of drug-likeness (QED) is 0.851. The fourth-order valence-electron chi connectivity index (χ4n) is 2.49. The third-order valence-electron chi connectivity index (χ3n) is 3.69. The van der Waals surface area contributed by atoms with Crippen molar-refractivity contribution in [3.8, 4) is 0 Å². The summed E-state index contributed by atoms with van der Waals surface area (Å²) >= 11 is 0. The van der Waals surface area contributed by atoms with Crippen LogP contribution >= 0.6 is 0 Å². The molecule has 2 N–H and O–H groups in total. The molecule has 1 aliphatic heterocycles. The van der Waals surface area contributed by atoms with E-state index < -0.39 is 11.4 Å². The van der Waals surface area contributed by atoms with Crippen molar-refractivity contribution in [1.82, 2.24) is 20.2 Å². The van der Waals surface area contributed by atoms with E-state index in [2.05, 4.69) is 20.2 Å². The van der Waals surface area contributed by atoms with Crippen LogP contribution in [0.1, 0.15) is 11.1 Å². The van der Waals surface area contributed by atoms with Gasteiger partial charge in [0.15, 0.2) is 5.82 Å². The standard InChI is InChI=1S/C14H17FN4O/c1-9-12(15)13-11(18-14(9)20)6-10(7-17-13)8-19-4-2-16-3-5-19/h6-7,16H,2-5,8H2,1H3,(H,18,20). The number of hydrogen-bond donors (Lipinski definition) is 2. The minimum atomic E-state index is -0.530. The number of pyridine rings is 2. The molecule has 0 saturated carbocycles. The van der Waals surface area contributed by atoms with Crippen molar-refractivity contribution < 1.29 is 4.39 Å². The molecule has 1 fully saturated rings. The van der Waals surface area contributed by atoms with E-state index in [9.17, 15) is 9.18 Å².